The van der Waals surface area contributed by atoms with E-state index in [4.69, 9.17) is 22.1 Å². The van der Waals surface area contributed by atoms with Gasteiger partial charge in [-0.25, -0.2) is 4.98 Å². The number of benzene rings is 1. The third-order valence-electron chi connectivity index (χ3n) is 3.02. The molecule has 1 aliphatic carbocycles. The van der Waals surface area contributed by atoms with Crippen LogP contribution in [0.25, 0.3) is 11.3 Å². The lowest BCUT2D eigenvalue weighted by atomic mass is 10.1. The van der Waals surface area contributed by atoms with Crippen molar-refractivity contribution in [3.05, 3.63) is 28.2 Å². The van der Waals surface area contributed by atoms with Gasteiger partial charge in [0.1, 0.15) is 16.4 Å². The van der Waals surface area contributed by atoms with Crippen LogP contribution in [0.5, 0.6) is 5.75 Å². The maximum Gasteiger partial charge on any atom is 0.137 e. The van der Waals surface area contributed by atoms with Gasteiger partial charge in [0.05, 0.1) is 17.1 Å². The van der Waals surface area contributed by atoms with Gasteiger partial charge in [0.15, 0.2) is 0 Å². The van der Waals surface area contributed by atoms with E-state index in [1.807, 2.05) is 18.2 Å². The number of nitrogens with zero attached hydrogens (tertiary/aromatic N) is 1. The van der Waals surface area contributed by atoms with E-state index in [2.05, 4.69) is 4.98 Å². The zero-order valence-electron chi connectivity index (χ0n) is 9.94. The largest absolute Gasteiger partial charge is 0.495 e. The lowest BCUT2D eigenvalue weighted by molar-refractivity contribution is 0.415. The average molecular weight is 281 g/mol. The van der Waals surface area contributed by atoms with Crippen molar-refractivity contribution in [3.8, 4) is 17.0 Å². The van der Waals surface area contributed by atoms with E-state index in [-0.39, 0.29) is 0 Å². The summed E-state index contributed by atoms with van der Waals surface area (Å²) in [6, 6.07) is 5.63. The van der Waals surface area contributed by atoms with Crippen molar-refractivity contribution in [1.82, 2.24) is 4.98 Å². The standard InChI is InChI=1S/C13H13ClN2OS/c1-17-10-5-4-8(6-9(10)14)11-12(15)18-13(16-11)7-2-3-7/h4-7H,2-3,15H2,1H3. The lowest BCUT2D eigenvalue weighted by Gasteiger charge is -2.04. The molecule has 0 saturated heterocycles. The average Bonchev–Trinajstić information content (AvgIpc) is 3.13. The molecule has 18 heavy (non-hydrogen) atoms. The molecular weight excluding hydrogens is 268 g/mol. The van der Waals surface area contributed by atoms with Gasteiger partial charge in [-0.3, -0.25) is 0 Å². The Balaban J connectivity index is 2.00. The molecule has 2 N–H and O–H groups in total. The van der Waals surface area contributed by atoms with Crippen LogP contribution >= 0.6 is 22.9 Å². The van der Waals surface area contributed by atoms with Gasteiger partial charge in [0.25, 0.3) is 0 Å². The molecule has 0 amide bonds. The summed E-state index contributed by atoms with van der Waals surface area (Å²) in [5.74, 6) is 1.29. The minimum absolute atomic E-state index is 0.579. The fourth-order valence-electron chi connectivity index (χ4n) is 1.87. The maximum atomic E-state index is 6.12. The van der Waals surface area contributed by atoms with Gasteiger partial charge in [-0.15, -0.1) is 11.3 Å². The molecule has 0 unspecified atom stereocenters. The molecule has 0 aliphatic heterocycles. The zero-order valence-corrected chi connectivity index (χ0v) is 11.5. The number of nitrogen functional groups attached to an aromatic ring is 1. The summed E-state index contributed by atoms with van der Waals surface area (Å²) in [6.45, 7) is 0. The Labute approximate surface area is 115 Å². The van der Waals surface area contributed by atoms with Crippen LogP contribution in [-0.2, 0) is 0 Å². The van der Waals surface area contributed by atoms with Crippen LogP contribution in [0.15, 0.2) is 18.2 Å². The third kappa shape index (κ3) is 2.06. The first kappa shape index (κ1) is 11.8. The van der Waals surface area contributed by atoms with E-state index in [1.54, 1.807) is 18.4 Å². The quantitative estimate of drug-likeness (QED) is 0.927. The van der Waals surface area contributed by atoms with Gasteiger partial charge in [-0.05, 0) is 31.0 Å². The van der Waals surface area contributed by atoms with Crippen molar-refractivity contribution in [1.29, 1.82) is 0 Å². The van der Waals surface area contributed by atoms with E-state index < -0.39 is 0 Å². The number of hydrogen-bond acceptors (Lipinski definition) is 4. The number of aromatic nitrogens is 1. The number of thiazole rings is 1. The van der Waals surface area contributed by atoms with Crippen LogP contribution in [-0.4, -0.2) is 12.1 Å². The summed E-state index contributed by atoms with van der Waals surface area (Å²) in [4.78, 5) is 4.63. The van der Waals surface area contributed by atoms with E-state index in [9.17, 15) is 0 Å². The molecule has 94 valence electrons. The van der Waals surface area contributed by atoms with Crippen molar-refractivity contribution < 1.29 is 4.74 Å². The zero-order chi connectivity index (χ0) is 12.7. The highest BCUT2D eigenvalue weighted by molar-refractivity contribution is 7.16. The van der Waals surface area contributed by atoms with Crippen molar-refractivity contribution >= 4 is 27.9 Å². The van der Waals surface area contributed by atoms with Crippen LogP contribution < -0.4 is 10.5 Å². The summed E-state index contributed by atoms with van der Waals surface area (Å²) in [6.07, 6.45) is 2.46. The van der Waals surface area contributed by atoms with E-state index in [1.165, 1.54) is 12.8 Å². The molecule has 5 heteroatoms. The summed E-state index contributed by atoms with van der Waals surface area (Å²) in [5, 5.41) is 2.49. The van der Waals surface area contributed by atoms with Crippen LogP contribution in [0.2, 0.25) is 5.02 Å². The molecule has 1 fully saturated rings. The number of ether oxygens (including phenoxy) is 1. The summed E-state index contributed by atoms with van der Waals surface area (Å²) in [5.41, 5.74) is 7.83. The predicted molar refractivity (Wildman–Crippen MR) is 75.5 cm³/mol. The Bertz CT molecular complexity index is 593. The molecule has 3 rings (SSSR count). The molecule has 0 bridgehead atoms. The van der Waals surface area contributed by atoms with Crippen molar-refractivity contribution in [2.45, 2.75) is 18.8 Å². The topological polar surface area (TPSA) is 48.1 Å². The molecule has 2 aromatic rings. The highest BCUT2D eigenvalue weighted by Gasteiger charge is 2.28. The number of anilines is 1. The normalized spacial score (nSPS) is 14.8. The van der Waals surface area contributed by atoms with Gasteiger partial charge in [0, 0.05) is 11.5 Å². The minimum Gasteiger partial charge on any atom is -0.495 e. The Morgan fingerprint density at radius 3 is 2.83 bits per heavy atom. The van der Waals surface area contributed by atoms with Crippen molar-refractivity contribution in [2.24, 2.45) is 0 Å². The van der Waals surface area contributed by atoms with Gasteiger partial charge >= 0.3 is 0 Å². The molecule has 0 spiro atoms. The Hall–Kier alpha value is -1.26. The molecule has 1 aliphatic rings. The van der Waals surface area contributed by atoms with Gasteiger partial charge in [0.2, 0.25) is 0 Å². The summed E-state index contributed by atoms with van der Waals surface area (Å²) >= 11 is 7.71. The predicted octanol–water partition coefficient (Wildman–Crippen LogP) is 3.93. The lowest BCUT2D eigenvalue weighted by Crippen LogP contribution is -1.88. The summed E-state index contributed by atoms with van der Waals surface area (Å²) in [7, 11) is 1.60. The molecule has 0 atom stereocenters. The Morgan fingerprint density at radius 1 is 1.44 bits per heavy atom. The first-order valence-corrected chi connectivity index (χ1v) is 6.98. The molecular formula is C13H13ClN2OS. The SMILES string of the molecule is COc1ccc(-c2nc(C3CC3)sc2N)cc1Cl. The highest BCUT2D eigenvalue weighted by atomic mass is 35.5. The molecule has 0 radical (unpaired) electrons. The molecule has 1 aromatic carbocycles. The van der Waals surface area contributed by atoms with Gasteiger partial charge < -0.3 is 10.5 Å². The van der Waals surface area contributed by atoms with E-state index in [0.717, 1.165) is 21.3 Å². The first-order chi connectivity index (χ1) is 8.69. The van der Waals surface area contributed by atoms with Crippen molar-refractivity contribution in [2.75, 3.05) is 12.8 Å². The second-order valence-electron chi connectivity index (χ2n) is 4.39. The number of nitrogens with two attached hydrogens (primary N) is 1. The maximum absolute atomic E-state index is 6.12. The summed E-state index contributed by atoms with van der Waals surface area (Å²) < 4.78 is 5.14. The van der Waals surface area contributed by atoms with Crippen LogP contribution in [0.3, 0.4) is 0 Å². The van der Waals surface area contributed by atoms with E-state index in [0.29, 0.717) is 16.7 Å². The third-order valence-corrected chi connectivity index (χ3v) is 4.36. The molecule has 3 nitrogen and oxygen atoms in total. The van der Waals surface area contributed by atoms with Gasteiger partial charge in [-0.1, -0.05) is 11.6 Å². The highest BCUT2D eigenvalue weighted by Crippen LogP contribution is 2.45. The number of hydrogen-bond donors (Lipinski definition) is 1. The molecule has 1 aromatic heterocycles. The Morgan fingerprint density at radius 2 is 2.22 bits per heavy atom. The van der Waals surface area contributed by atoms with Gasteiger partial charge in [-0.2, -0.15) is 0 Å². The molecule has 1 saturated carbocycles. The smallest absolute Gasteiger partial charge is 0.137 e. The molecule has 1 heterocycles. The van der Waals surface area contributed by atoms with Crippen LogP contribution in [0.4, 0.5) is 5.00 Å². The monoisotopic (exact) mass is 280 g/mol. The van der Waals surface area contributed by atoms with Crippen LogP contribution in [0.1, 0.15) is 23.8 Å². The number of methoxy groups -OCH3 is 1. The van der Waals surface area contributed by atoms with E-state index >= 15 is 0 Å². The van der Waals surface area contributed by atoms with Crippen LogP contribution in [0, 0.1) is 0 Å². The fraction of sp³-hybridized carbons (Fsp3) is 0.308. The first-order valence-electron chi connectivity index (χ1n) is 5.79. The number of halogens is 1. The van der Waals surface area contributed by atoms with Crippen molar-refractivity contribution in [3.63, 3.8) is 0 Å². The minimum atomic E-state index is 0.579. The fourth-order valence-corrected chi connectivity index (χ4v) is 3.16. The second-order valence-corrected chi connectivity index (χ2v) is 5.86. The Kier molecular flexibility index (Phi) is 2.92. The number of rotatable bonds is 3. The second kappa shape index (κ2) is 4.44.